The highest BCUT2D eigenvalue weighted by molar-refractivity contribution is 7.99. The Morgan fingerprint density at radius 1 is 1.06 bits per heavy atom. The van der Waals surface area contributed by atoms with E-state index in [1.54, 1.807) is 43.5 Å². The number of amides is 1. The van der Waals surface area contributed by atoms with Gasteiger partial charge in [-0.2, -0.15) is 0 Å². The van der Waals surface area contributed by atoms with Gasteiger partial charge in [-0.1, -0.05) is 11.8 Å². The zero-order valence-corrected chi connectivity index (χ0v) is 19.0. The third-order valence-corrected chi connectivity index (χ3v) is 6.63. The Morgan fingerprint density at radius 3 is 2.47 bits per heavy atom. The summed E-state index contributed by atoms with van der Waals surface area (Å²) < 4.78 is 18.3. The Labute approximate surface area is 192 Å². The minimum Gasteiger partial charge on any atom is -0.497 e. The second-order valence-electron chi connectivity index (χ2n) is 6.76. The summed E-state index contributed by atoms with van der Waals surface area (Å²) >= 11 is 2.79. The number of aryl methyl sites for hydroxylation is 1. The first-order valence-corrected chi connectivity index (χ1v) is 11.5. The van der Waals surface area contributed by atoms with Crippen LogP contribution in [-0.4, -0.2) is 34.0 Å². The number of hydrogen-bond donors (Lipinski definition) is 1. The number of carbonyl (C=O) groups excluding carboxylic acids is 1. The Bertz CT molecular complexity index is 1210. The first-order valence-electron chi connectivity index (χ1n) is 9.66. The fourth-order valence-electron chi connectivity index (χ4n) is 2.88. The summed E-state index contributed by atoms with van der Waals surface area (Å²) in [5.74, 6) is 0.537. The molecule has 6 nitrogen and oxygen atoms in total. The molecule has 0 atom stereocenters. The van der Waals surface area contributed by atoms with Gasteiger partial charge in [-0.3, -0.25) is 4.79 Å². The Hall–Kier alpha value is -3.30. The van der Waals surface area contributed by atoms with Crippen LogP contribution in [0.2, 0.25) is 0 Å². The topological polar surface area (TPSA) is 77.0 Å². The van der Waals surface area contributed by atoms with Crippen molar-refractivity contribution in [1.82, 2.24) is 15.2 Å². The molecule has 4 rings (SSSR count). The molecule has 0 fully saturated rings. The van der Waals surface area contributed by atoms with Crippen LogP contribution in [0.1, 0.15) is 5.69 Å². The Balaban J connectivity index is 1.37. The van der Waals surface area contributed by atoms with Gasteiger partial charge in [0.1, 0.15) is 27.3 Å². The number of nitrogens with one attached hydrogen (secondary N) is 1. The molecule has 32 heavy (non-hydrogen) atoms. The Morgan fingerprint density at radius 2 is 1.81 bits per heavy atom. The molecule has 0 aliphatic rings. The van der Waals surface area contributed by atoms with E-state index in [-0.39, 0.29) is 17.5 Å². The molecule has 0 unspecified atom stereocenters. The number of nitrogens with zero attached hydrogens (tertiary/aromatic N) is 3. The number of halogens is 1. The maximum atomic E-state index is 13.2. The molecule has 9 heteroatoms. The Kier molecular flexibility index (Phi) is 6.77. The van der Waals surface area contributed by atoms with Crippen molar-refractivity contribution in [3.8, 4) is 26.9 Å². The van der Waals surface area contributed by atoms with E-state index in [1.165, 1.54) is 35.2 Å². The highest BCUT2D eigenvalue weighted by Gasteiger charge is 2.14. The number of benzene rings is 2. The molecule has 0 aliphatic heterocycles. The number of thiazole rings is 1. The van der Waals surface area contributed by atoms with E-state index in [2.05, 4.69) is 20.5 Å². The van der Waals surface area contributed by atoms with Gasteiger partial charge in [0.15, 0.2) is 0 Å². The zero-order valence-electron chi connectivity index (χ0n) is 17.3. The van der Waals surface area contributed by atoms with Crippen molar-refractivity contribution in [2.45, 2.75) is 11.9 Å². The molecule has 0 bridgehead atoms. The van der Waals surface area contributed by atoms with E-state index in [0.717, 1.165) is 26.9 Å². The third kappa shape index (κ3) is 5.30. The summed E-state index contributed by atoms with van der Waals surface area (Å²) in [5, 5.41) is 12.8. The minimum atomic E-state index is -0.279. The van der Waals surface area contributed by atoms with Crippen molar-refractivity contribution in [3.05, 3.63) is 72.2 Å². The van der Waals surface area contributed by atoms with E-state index in [9.17, 15) is 9.18 Å². The van der Waals surface area contributed by atoms with Crippen LogP contribution in [0.15, 0.2) is 65.7 Å². The molecule has 1 N–H and O–H groups in total. The largest absolute Gasteiger partial charge is 0.497 e. The lowest BCUT2D eigenvalue weighted by atomic mass is 10.2. The molecule has 4 aromatic rings. The number of hydrogen-bond acceptors (Lipinski definition) is 7. The molecule has 162 valence electrons. The van der Waals surface area contributed by atoms with Crippen LogP contribution >= 0.6 is 23.1 Å². The maximum Gasteiger partial charge on any atom is 0.234 e. The average Bonchev–Trinajstić information content (AvgIpc) is 3.20. The third-order valence-electron chi connectivity index (χ3n) is 4.49. The van der Waals surface area contributed by atoms with Crippen LogP contribution in [0.5, 0.6) is 5.75 Å². The van der Waals surface area contributed by atoms with E-state index >= 15 is 0 Å². The number of anilines is 1. The standard InChI is InChI=1S/C23H19FN4O2S2/c1-14-22(32-23(25-14)15-3-5-16(24)6-4-15)19-11-12-21(28-27-19)31-13-20(29)26-17-7-9-18(30-2)10-8-17/h3-12H,13H2,1-2H3,(H,26,29). The van der Waals surface area contributed by atoms with E-state index in [4.69, 9.17) is 4.74 Å². The molecule has 0 aliphatic carbocycles. The second kappa shape index (κ2) is 9.88. The van der Waals surface area contributed by atoms with Crippen LogP contribution in [0.4, 0.5) is 10.1 Å². The number of aromatic nitrogens is 3. The van der Waals surface area contributed by atoms with Crippen LogP contribution in [0.3, 0.4) is 0 Å². The molecule has 2 heterocycles. The summed E-state index contributed by atoms with van der Waals surface area (Å²) in [6.07, 6.45) is 0. The van der Waals surface area contributed by atoms with Gasteiger partial charge >= 0.3 is 0 Å². The molecule has 1 amide bonds. The fraction of sp³-hybridized carbons (Fsp3) is 0.130. The monoisotopic (exact) mass is 466 g/mol. The molecule has 0 saturated carbocycles. The van der Waals surface area contributed by atoms with Crippen LogP contribution in [0.25, 0.3) is 21.1 Å². The lowest BCUT2D eigenvalue weighted by Gasteiger charge is -2.06. The lowest BCUT2D eigenvalue weighted by Crippen LogP contribution is -2.14. The van der Waals surface area contributed by atoms with Crippen LogP contribution < -0.4 is 10.1 Å². The average molecular weight is 467 g/mol. The first-order chi connectivity index (χ1) is 15.5. The number of thioether (sulfide) groups is 1. The zero-order chi connectivity index (χ0) is 22.5. The van der Waals surface area contributed by atoms with Crippen molar-refractivity contribution < 1.29 is 13.9 Å². The van der Waals surface area contributed by atoms with E-state index in [1.807, 2.05) is 19.1 Å². The van der Waals surface area contributed by atoms with Gasteiger partial charge in [0.2, 0.25) is 5.91 Å². The van der Waals surface area contributed by atoms with Crippen molar-refractivity contribution in [2.75, 3.05) is 18.2 Å². The highest BCUT2D eigenvalue weighted by atomic mass is 32.2. The van der Waals surface area contributed by atoms with Crippen LogP contribution in [-0.2, 0) is 4.79 Å². The highest BCUT2D eigenvalue weighted by Crippen LogP contribution is 2.34. The van der Waals surface area contributed by atoms with Crippen molar-refractivity contribution in [2.24, 2.45) is 0 Å². The SMILES string of the molecule is COc1ccc(NC(=O)CSc2ccc(-c3sc(-c4ccc(F)cc4)nc3C)nn2)cc1. The van der Waals surface area contributed by atoms with Crippen molar-refractivity contribution in [3.63, 3.8) is 0 Å². The minimum absolute atomic E-state index is 0.131. The molecule has 0 spiro atoms. The smallest absolute Gasteiger partial charge is 0.234 e. The quantitative estimate of drug-likeness (QED) is 0.365. The van der Waals surface area contributed by atoms with Gasteiger partial charge < -0.3 is 10.1 Å². The van der Waals surface area contributed by atoms with Gasteiger partial charge in [0.25, 0.3) is 0 Å². The number of ether oxygens (including phenoxy) is 1. The maximum absolute atomic E-state index is 13.2. The van der Waals surface area contributed by atoms with Crippen molar-refractivity contribution in [1.29, 1.82) is 0 Å². The summed E-state index contributed by atoms with van der Waals surface area (Å²) in [6.45, 7) is 1.91. The van der Waals surface area contributed by atoms with Crippen molar-refractivity contribution >= 4 is 34.7 Å². The van der Waals surface area contributed by atoms with Gasteiger partial charge in [0.05, 0.1) is 23.4 Å². The summed E-state index contributed by atoms with van der Waals surface area (Å²) in [7, 11) is 1.59. The van der Waals surface area contributed by atoms with Crippen LogP contribution in [0, 0.1) is 12.7 Å². The summed E-state index contributed by atoms with van der Waals surface area (Å²) in [4.78, 5) is 17.7. The van der Waals surface area contributed by atoms with Gasteiger partial charge in [0, 0.05) is 11.3 Å². The van der Waals surface area contributed by atoms with Gasteiger partial charge in [-0.15, -0.1) is 21.5 Å². The number of methoxy groups -OCH3 is 1. The normalized spacial score (nSPS) is 10.7. The van der Waals surface area contributed by atoms with E-state index < -0.39 is 0 Å². The number of rotatable bonds is 7. The molecule has 0 saturated heterocycles. The molecule has 2 aromatic carbocycles. The first kappa shape index (κ1) is 21.9. The second-order valence-corrected chi connectivity index (χ2v) is 8.76. The fourth-order valence-corrected chi connectivity index (χ4v) is 4.53. The molecular formula is C23H19FN4O2S2. The molecule has 0 radical (unpaired) electrons. The predicted molar refractivity (Wildman–Crippen MR) is 126 cm³/mol. The molecular weight excluding hydrogens is 447 g/mol. The van der Waals surface area contributed by atoms with Gasteiger partial charge in [-0.25, -0.2) is 9.37 Å². The summed E-state index contributed by atoms with van der Waals surface area (Å²) in [6, 6.07) is 17.1. The van der Waals surface area contributed by atoms with E-state index in [0.29, 0.717) is 16.4 Å². The predicted octanol–water partition coefficient (Wildman–Crippen LogP) is 5.45. The summed E-state index contributed by atoms with van der Waals surface area (Å²) in [5.41, 5.74) is 3.10. The lowest BCUT2D eigenvalue weighted by molar-refractivity contribution is -0.113. The number of carbonyl (C=O) groups is 1. The van der Waals surface area contributed by atoms with Gasteiger partial charge in [-0.05, 0) is 67.6 Å². The molecule has 2 aromatic heterocycles.